The lowest BCUT2D eigenvalue weighted by molar-refractivity contribution is -0.134. The number of carbonyl (C=O) groups is 1. The maximum Gasteiger partial charge on any atom is 0.326 e. The Kier molecular flexibility index (Phi) is 4.42. The standard InChI is InChI=1S/C7H7N5O2S.C2H4O2/c8-6(9)10-2-1-15-4-3(2)11-7(14)12-5(4)13;1-2(3)4/h1H,(H4,8,9,10)(H2,11,12,13,14);1H3,(H,3,4). The summed E-state index contributed by atoms with van der Waals surface area (Å²) in [7, 11) is 0. The SMILES string of the molecule is CC(=O)O.NC(N)=Nc1csc2c(=O)[nH]c(=O)[nH]c12. The Morgan fingerprint density at radius 2 is 1.95 bits per heavy atom. The van der Waals surface area contributed by atoms with Gasteiger partial charge in [0.1, 0.15) is 10.4 Å². The monoisotopic (exact) mass is 285 g/mol. The number of nitrogens with one attached hydrogen (secondary N) is 2. The van der Waals surface area contributed by atoms with Crippen molar-refractivity contribution in [1.82, 2.24) is 9.97 Å². The first-order chi connectivity index (χ1) is 8.81. The van der Waals surface area contributed by atoms with Crippen LogP contribution in [0.5, 0.6) is 0 Å². The highest BCUT2D eigenvalue weighted by Gasteiger charge is 2.07. The van der Waals surface area contributed by atoms with Crippen LogP contribution in [-0.4, -0.2) is 27.0 Å². The van der Waals surface area contributed by atoms with Crippen molar-refractivity contribution in [2.75, 3.05) is 0 Å². The molecule has 2 rings (SSSR count). The smallest absolute Gasteiger partial charge is 0.326 e. The fourth-order valence-electron chi connectivity index (χ4n) is 1.16. The number of thiophene rings is 1. The summed E-state index contributed by atoms with van der Waals surface area (Å²) in [6.07, 6.45) is 0. The van der Waals surface area contributed by atoms with Gasteiger partial charge in [0.2, 0.25) is 0 Å². The molecular formula is C9H11N5O4S. The molecule has 10 heteroatoms. The Labute approximate surface area is 109 Å². The van der Waals surface area contributed by atoms with E-state index in [4.69, 9.17) is 21.4 Å². The molecule has 0 aromatic carbocycles. The van der Waals surface area contributed by atoms with Gasteiger partial charge in [-0.1, -0.05) is 0 Å². The average Bonchev–Trinajstić information content (AvgIpc) is 2.60. The third kappa shape index (κ3) is 3.96. The van der Waals surface area contributed by atoms with E-state index in [0.29, 0.717) is 15.9 Å². The molecular weight excluding hydrogens is 274 g/mol. The molecule has 0 aliphatic rings. The van der Waals surface area contributed by atoms with E-state index in [1.54, 1.807) is 5.38 Å². The van der Waals surface area contributed by atoms with Gasteiger partial charge < -0.3 is 21.6 Å². The summed E-state index contributed by atoms with van der Waals surface area (Å²) in [5.41, 5.74) is 10.1. The zero-order chi connectivity index (χ0) is 14.6. The van der Waals surface area contributed by atoms with Crippen LogP contribution in [0.1, 0.15) is 6.92 Å². The van der Waals surface area contributed by atoms with Gasteiger partial charge in [0.15, 0.2) is 5.96 Å². The number of rotatable bonds is 1. The number of fused-ring (bicyclic) bond motifs is 1. The van der Waals surface area contributed by atoms with E-state index < -0.39 is 17.2 Å². The number of nitrogens with two attached hydrogens (primary N) is 2. The number of aromatic nitrogens is 2. The number of guanidine groups is 1. The average molecular weight is 285 g/mol. The second-order valence-electron chi connectivity index (χ2n) is 3.29. The van der Waals surface area contributed by atoms with Crippen LogP contribution in [0.2, 0.25) is 0 Å². The van der Waals surface area contributed by atoms with Crippen molar-refractivity contribution in [2.45, 2.75) is 6.92 Å². The predicted molar refractivity (Wildman–Crippen MR) is 71.8 cm³/mol. The molecule has 2 heterocycles. The summed E-state index contributed by atoms with van der Waals surface area (Å²) in [5, 5.41) is 9.01. The minimum atomic E-state index is -0.833. The van der Waals surface area contributed by atoms with Gasteiger partial charge >= 0.3 is 5.69 Å². The quantitative estimate of drug-likeness (QED) is 0.342. The van der Waals surface area contributed by atoms with Crippen LogP contribution in [0.3, 0.4) is 0 Å². The number of hydrogen-bond donors (Lipinski definition) is 5. The normalized spacial score (nSPS) is 9.53. The number of carboxylic acid groups (broad SMARTS) is 1. The van der Waals surface area contributed by atoms with Crippen LogP contribution in [0.4, 0.5) is 5.69 Å². The molecule has 7 N–H and O–H groups in total. The molecule has 0 aliphatic heterocycles. The lowest BCUT2D eigenvalue weighted by atomic mass is 10.4. The molecule has 0 saturated carbocycles. The van der Waals surface area contributed by atoms with Crippen LogP contribution in [0.15, 0.2) is 20.0 Å². The molecule has 0 radical (unpaired) electrons. The molecule has 2 aromatic rings. The van der Waals surface area contributed by atoms with Crippen LogP contribution >= 0.6 is 11.3 Å². The minimum Gasteiger partial charge on any atom is -0.481 e. The van der Waals surface area contributed by atoms with E-state index in [0.717, 1.165) is 18.3 Å². The largest absolute Gasteiger partial charge is 0.481 e. The fraction of sp³-hybridized carbons (Fsp3) is 0.111. The molecule has 102 valence electrons. The van der Waals surface area contributed by atoms with Crippen molar-refractivity contribution in [2.24, 2.45) is 16.5 Å². The van der Waals surface area contributed by atoms with Crippen molar-refractivity contribution in [3.8, 4) is 0 Å². The first-order valence-corrected chi connectivity index (χ1v) is 5.72. The summed E-state index contributed by atoms with van der Waals surface area (Å²) in [5.74, 6) is -0.962. The van der Waals surface area contributed by atoms with Gasteiger partial charge in [0, 0.05) is 12.3 Å². The third-order valence-corrected chi connectivity index (χ3v) is 2.66. The van der Waals surface area contributed by atoms with Crippen molar-refractivity contribution >= 4 is 39.2 Å². The van der Waals surface area contributed by atoms with E-state index in [1.165, 1.54) is 0 Å². The van der Waals surface area contributed by atoms with Gasteiger partial charge in [0.25, 0.3) is 11.5 Å². The second kappa shape index (κ2) is 5.82. The van der Waals surface area contributed by atoms with Crippen molar-refractivity contribution in [3.05, 3.63) is 26.2 Å². The third-order valence-electron chi connectivity index (χ3n) is 1.69. The molecule has 0 bridgehead atoms. The first-order valence-electron chi connectivity index (χ1n) is 4.84. The van der Waals surface area contributed by atoms with E-state index in [-0.39, 0.29) is 5.96 Å². The summed E-state index contributed by atoms with van der Waals surface area (Å²) in [4.78, 5) is 39.7. The highest BCUT2D eigenvalue weighted by Crippen LogP contribution is 2.26. The number of aliphatic carboxylic acids is 1. The maximum absolute atomic E-state index is 11.3. The predicted octanol–water partition coefficient (Wildman–Crippen LogP) is -0.726. The van der Waals surface area contributed by atoms with E-state index >= 15 is 0 Å². The van der Waals surface area contributed by atoms with E-state index in [1.807, 2.05) is 0 Å². The number of carboxylic acids is 1. The summed E-state index contributed by atoms with van der Waals surface area (Å²) < 4.78 is 0.384. The molecule has 0 spiro atoms. The van der Waals surface area contributed by atoms with Crippen molar-refractivity contribution < 1.29 is 9.90 Å². The molecule has 9 nitrogen and oxygen atoms in total. The number of hydrogen-bond acceptors (Lipinski definition) is 5. The Balaban J connectivity index is 0.000000399. The highest BCUT2D eigenvalue weighted by molar-refractivity contribution is 7.17. The Morgan fingerprint density at radius 3 is 2.47 bits per heavy atom. The fourth-order valence-corrected chi connectivity index (χ4v) is 1.99. The van der Waals surface area contributed by atoms with Crippen molar-refractivity contribution in [1.29, 1.82) is 0 Å². The summed E-state index contributed by atoms with van der Waals surface area (Å²) in [6, 6.07) is 0. The number of aromatic amines is 2. The van der Waals surface area contributed by atoms with Crippen molar-refractivity contribution in [3.63, 3.8) is 0 Å². The van der Waals surface area contributed by atoms with Crippen LogP contribution < -0.4 is 22.7 Å². The van der Waals surface area contributed by atoms with Gasteiger partial charge in [-0.2, -0.15) is 0 Å². The lowest BCUT2D eigenvalue weighted by Crippen LogP contribution is -2.22. The number of H-pyrrole nitrogens is 2. The Morgan fingerprint density at radius 1 is 1.37 bits per heavy atom. The van der Waals surface area contributed by atoms with Gasteiger partial charge in [-0.3, -0.25) is 14.6 Å². The second-order valence-corrected chi connectivity index (χ2v) is 4.17. The van der Waals surface area contributed by atoms with E-state index in [2.05, 4.69) is 15.0 Å². The molecule has 0 atom stereocenters. The van der Waals surface area contributed by atoms with Crippen LogP contribution in [0, 0.1) is 0 Å². The zero-order valence-corrected chi connectivity index (χ0v) is 10.6. The van der Waals surface area contributed by atoms with Gasteiger partial charge in [0.05, 0.1) is 5.52 Å². The molecule has 19 heavy (non-hydrogen) atoms. The maximum atomic E-state index is 11.3. The van der Waals surface area contributed by atoms with Gasteiger partial charge in [-0.05, 0) is 0 Å². The Hall–Kier alpha value is -2.62. The molecule has 0 aliphatic carbocycles. The van der Waals surface area contributed by atoms with Gasteiger partial charge in [-0.25, -0.2) is 9.79 Å². The molecule has 0 saturated heterocycles. The zero-order valence-electron chi connectivity index (χ0n) is 9.76. The van der Waals surface area contributed by atoms with Crippen LogP contribution in [0.25, 0.3) is 10.2 Å². The summed E-state index contributed by atoms with van der Waals surface area (Å²) in [6.45, 7) is 1.08. The highest BCUT2D eigenvalue weighted by atomic mass is 32.1. The Bertz CT molecular complexity index is 733. The van der Waals surface area contributed by atoms with Gasteiger partial charge in [-0.15, -0.1) is 11.3 Å². The molecule has 2 aromatic heterocycles. The minimum absolute atomic E-state index is 0.129. The summed E-state index contributed by atoms with van der Waals surface area (Å²) >= 11 is 1.16. The number of aliphatic imine (C=N–C) groups is 1. The molecule has 0 amide bonds. The molecule has 0 fully saturated rings. The topological polar surface area (TPSA) is 167 Å². The van der Waals surface area contributed by atoms with E-state index in [9.17, 15) is 9.59 Å². The molecule has 0 unspecified atom stereocenters. The van der Waals surface area contributed by atoms with Crippen LogP contribution in [-0.2, 0) is 4.79 Å². The number of nitrogens with zero attached hydrogens (tertiary/aromatic N) is 1. The lowest BCUT2D eigenvalue weighted by Gasteiger charge is -1.92. The first kappa shape index (κ1) is 14.4.